The first-order valence-corrected chi connectivity index (χ1v) is 9.84. The third-order valence-corrected chi connectivity index (χ3v) is 5.10. The highest BCUT2D eigenvalue weighted by Gasteiger charge is 2.34. The van der Waals surface area contributed by atoms with Crippen molar-refractivity contribution in [3.05, 3.63) is 54.1 Å². The van der Waals surface area contributed by atoms with Gasteiger partial charge < -0.3 is 24.6 Å². The van der Waals surface area contributed by atoms with E-state index in [2.05, 4.69) is 5.32 Å². The van der Waals surface area contributed by atoms with E-state index in [1.165, 1.54) is 0 Å². The minimum absolute atomic E-state index is 0.0631. The van der Waals surface area contributed by atoms with Crippen molar-refractivity contribution in [3.8, 4) is 5.75 Å². The first kappa shape index (κ1) is 19.3. The molecule has 7 nitrogen and oxygen atoms in total. The first-order valence-electron chi connectivity index (χ1n) is 9.84. The van der Waals surface area contributed by atoms with Crippen molar-refractivity contribution < 1.29 is 19.1 Å². The Balaban J connectivity index is 1.48. The Labute approximate surface area is 170 Å². The van der Waals surface area contributed by atoms with Crippen LogP contribution in [0.5, 0.6) is 5.75 Å². The molecule has 0 spiro atoms. The fourth-order valence-corrected chi connectivity index (χ4v) is 3.67. The molecule has 2 aromatic carbocycles. The lowest BCUT2D eigenvalue weighted by atomic mass is 10.1. The van der Waals surface area contributed by atoms with Crippen LogP contribution in [-0.2, 0) is 14.3 Å². The Kier molecular flexibility index (Phi) is 5.67. The zero-order chi connectivity index (χ0) is 20.2. The number of fused-ring (bicyclic) bond motifs is 1. The minimum atomic E-state index is -0.644. The van der Waals surface area contributed by atoms with E-state index in [1.807, 2.05) is 60.4 Å². The van der Waals surface area contributed by atoms with E-state index in [1.54, 1.807) is 4.90 Å². The van der Waals surface area contributed by atoms with E-state index < -0.39 is 6.10 Å². The van der Waals surface area contributed by atoms with Crippen LogP contribution < -0.4 is 15.0 Å². The number of carbonyl (C=O) groups excluding carboxylic acids is 2. The normalized spacial score (nSPS) is 18.6. The average Bonchev–Trinajstić information content (AvgIpc) is 2.73. The minimum Gasteiger partial charge on any atom is -0.477 e. The zero-order valence-electron chi connectivity index (χ0n) is 16.5. The van der Waals surface area contributed by atoms with Crippen LogP contribution in [0, 0.1) is 6.92 Å². The van der Waals surface area contributed by atoms with E-state index in [0.717, 1.165) is 16.9 Å². The first-order chi connectivity index (χ1) is 14.1. The number of ether oxygens (including phenoxy) is 2. The largest absolute Gasteiger partial charge is 0.477 e. The summed E-state index contributed by atoms with van der Waals surface area (Å²) < 4.78 is 11.3. The lowest BCUT2D eigenvalue weighted by Crippen LogP contribution is -2.53. The number of nitrogens with zero attached hydrogens (tertiary/aromatic N) is 2. The monoisotopic (exact) mass is 395 g/mol. The average molecular weight is 395 g/mol. The maximum Gasteiger partial charge on any atom is 0.265 e. The van der Waals surface area contributed by atoms with Crippen LogP contribution in [-0.4, -0.2) is 62.2 Å². The van der Waals surface area contributed by atoms with Crippen LogP contribution in [0.2, 0.25) is 0 Å². The van der Waals surface area contributed by atoms with Crippen molar-refractivity contribution in [2.75, 3.05) is 49.6 Å². The molecule has 1 saturated heterocycles. The fraction of sp³-hybridized carbons (Fsp3) is 0.364. The summed E-state index contributed by atoms with van der Waals surface area (Å²) in [5.74, 6) is 0.422. The summed E-state index contributed by atoms with van der Waals surface area (Å²) in [6.07, 6.45) is -0.644. The number of anilines is 2. The number of hydrogen-bond acceptors (Lipinski definition) is 5. The Morgan fingerprint density at radius 3 is 2.69 bits per heavy atom. The van der Waals surface area contributed by atoms with E-state index in [9.17, 15) is 9.59 Å². The molecule has 0 aromatic heterocycles. The van der Waals surface area contributed by atoms with Gasteiger partial charge in [0.1, 0.15) is 5.75 Å². The number of hydrogen-bond donors (Lipinski definition) is 1. The molecule has 4 rings (SSSR count). The molecule has 0 aliphatic carbocycles. The molecule has 152 valence electrons. The van der Waals surface area contributed by atoms with Crippen molar-refractivity contribution >= 4 is 23.2 Å². The van der Waals surface area contributed by atoms with Crippen LogP contribution in [0.4, 0.5) is 11.4 Å². The van der Waals surface area contributed by atoms with Gasteiger partial charge in [-0.05, 0) is 36.8 Å². The molecule has 0 saturated carbocycles. The number of nitrogens with one attached hydrogen (secondary N) is 1. The van der Waals surface area contributed by atoms with E-state index in [-0.39, 0.29) is 18.4 Å². The summed E-state index contributed by atoms with van der Waals surface area (Å²) in [5, 5.41) is 2.93. The maximum absolute atomic E-state index is 12.9. The number of morpholine rings is 1. The smallest absolute Gasteiger partial charge is 0.265 e. The number of aryl methyl sites for hydroxylation is 1. The molecule has 29 heavy (non-hydrogen) atoms. The topological polar surface area (TPSA) is 71.1 Å². The van der Waals surface area contributed by atoms with Crippen molar-refractivity contribution in [2.45, 2.75) is 13.0 Å². The highest BCUT2D eigenvalue weighted by Crippen LogP contribution is 2.33. The van der Waals surface area contributed by atoms with Gasteiger partial charge in [0.2, 0.25) is 5.91 Å². The molecule has 0 unspecified atom stereocenters. The highest BCUT2D eigenvalue weighted by molar-refractivity contribution is 5.95. The molecular formula is C22H25N3O4. The SMILES string of the molecule is Cc1cccc(NC(=O)CN2C[C@@H](C(=O)N3CCOCC3)Oc3ccccc32)c1. The molecule has 2 heterocycles. The van der Waals surface area contributed by atoms with Gasteiger partial charge in [-0.15, -0.1) is 0 Å². The number of rotatable bonds is 4. The van der Waals surface area contributed by atoms with Gasteiger partial charge in [-0.1, -0.05) is 24.3 Å². The molecule has 1 atom stereocenters. The second kappa shape index (κ2) is 8.53. The summed E-state index contributed by atoms with van der Waals surface area (Å²) in [7, 11) is 0. The molecule has 2 amide bonds. The number of amides is 2. The predicted octanol–water partition coefficient (Wildman–Crippen LogP) is 2.06. The molecule has 2 aliphatic rings. The van der Waals surface area contributed by atoms with Crippen LogP contribution in [0.15, 0.2) is 48.5 Å². The number of benzene rings is 2. The molecule has 1 N–H and O–H groups in total. The van der Waals surface area contributed by atoms with Gasteiger partial charge in [0.25, 0.3) is 5.91 Å². The standard InChI is InChI=1S/C22H25N3O4/c1-16-5-4-6-17(13-16)23-21(26)15-25-14-20(22(27)24-9-11-28-12-10-24)29-19-8-3-2-7-18(19)25/h2-8,13,20H,9-12,14-15H2,1H3,(H,23,26)/t20-/m0/s1. The molecular weight excluding hydrogens is 370 g/mol. The molecule has 1 fully saturated rings. The van der Waals surface area contributed by atoms with Gasteiger partial charge >= 0.3 is 0 Å². The summed E-state index contributed by atoms with van der Waals surface area (Å²) in [6.45, 7) is 4.66. The Bertz CT molecular complexity index is 895. The molecule has 0 bridgehead atoms. The summed E-state index contributed by atoms with van der Waals surface area (Å²) in [5.41, 5.74) is 2.66. The maximum atomic E-state index is 12.9. The van der Waals surface area contributed by atoms with Crippen LogP contribution >= 0.6 is 0 Å². The molecule has 2 aliphatic heterocycles. The van der Waals surface area contributed by atoms with Crippen LogP contribution in [0.1, 0.15) is 5.56 Å². The van der Waals surface area contributed by atoms with Gasteiger partial charge in [-0.25, -0.2) is 0 Å². The summed E-state index contributed by atoms with van der Waals surface area (Å²) in [6, 6.07) is 15.2. The van der Waals surface area contributed by atoms with Crippen molar-refractivity contribution in [1.29, 1.82) is 0 Å². The predicted molar refractivity (Wildman–Crippen MR) is 110 cm³/mol. The quantitative estimate of drug-likeness (QED) is 0.858. The number of para-hydroxylation sites is 2. The van der Waals surface area contributed by atoms with E-state index in [0.29, 0.717) is 38.6 Å². The Morgan fingerprint density at radius 2 is 1.90 bits per heavy atom. The second-order valence-electron chi connectivity index (χ2n) is 7.31. The highest BCUT2D eigenvalue weighted by atomic mass is 16.5. The van der Waals surface area contributed by atoms with Crippen molar-refractivity contribution in [1.82, 2.24) is 4.90 Å². The fourth-order valence-electron chi connectivity index (χ4n) is 3.67. The third-order valence-electron chi connectivity index (χ3n) is 5.10. The third kappa shape index (κ3) is 4.51. The summed E-state index contributed by atoms with van der Waals surface area (Å²) >= 11 is 0. The lowest BCUT2D eigenvalue weighted by molar-refractivity contribution is -0.142. The Morgan fingerprint density at radius 1 is 1.10 bits per heavy atom. The number of carbonyl (C=O) groups is 2. The van der Waals surface area contributed by atoms with Crippen LogP contribution in [0.25, 0.3) is 0 Å². The lowest BCUT2D eigenvalue weighted by Gasteiger charge is -2.38. The van der Waals surface area contributed by atoms with Crippen molar-refractivity contribution in [3.63, 3.8) is 0 Å². The van der Waals surface area contributed by atoms with Gasteiger partial charge in [0.15, 0.2) is 6.10 Å². The van der Waals surface area contributed by atoms with Crippen molar-refractivity contribution in [2.24, 2.45) is 0 Å². The van der Waals surface area contributed by atoms with Crippen LogP contribution in [0.3, 0.4) is 0 Å². The van der Waals surface area contributed by atoms with Gasteiger partial charge in [-0.2, -0.15) is 0 Å². The second-order valence-corrected chi connectivity index (χ2v) is 7.31. The van der Waals surface area contributed by atoms with Gasteiger partial charge in [0, 0.05) is 18.8 Å². The zero-order valence-corrected chi connectivity index (χ0v) is 16.5. The van der Waals surface area contributed by atoms with E-state index in [4.69, 9.17) is 9.47 Å². The van der Waals surface area contributed by atoms with E-state index >= 15 is 0 Å². The van der Waals surface area contributed by atoms with Gasteiger partial charge in [0.05, 0.1) is 32.0 Å². The molecule has 7 heteroatoms. The molecule has 0 radical (unpaired) electrons. The Hall–Kier alpha value is -3.06. The molecule has 2 aromatic rings. The summed E-state index contributed by atoms with van der Waals surface area (Å²) in [4.78, 5) is 29.3. The van der Waals surface area contributed by atoms with Gasteiger partial charge in [-0.3, -0.25) is 9.59 Å².